The van der Waals surface area contributed by atoms with Crippen LogP contribution >= 0.6 is 0 Å². The lowest BCUT2D eigenvalue weighted by molar-refractivity contribution is -0.438. The fourth-order valence-electron chi connectivity index (χ4n) is 22.7. The Morgan fingerprint density at radius 2 is 0.679 bits per heavy atom. The number of hydrogen-bond donors (Lipinski definition) is 0. The molecule has 12 nitrogen and oxygen atoms in total. The zero-order chi connectivity index (χ0) is 93.2. The minimum Gasteiger partial charge on any atom is -0.748 e. The molecule has 0 radical (unpaired) electrons. The van der Waals surface area contributed by atoms with E-state index in [0.717, 1.165) is 157 Å². The lowest BCUT2D eigenvalue weighted by Gasteiger charge is -2.32. The summed E-state index contributed by atoms with van der Waals surface area (Å²) >= 11 is 0. The summed E-state index contributed by atoms with van der Waals surface area (Å²) in [7, 11) is -8.83. The van der Waals surface area contributed by atoms with Crippen LogP contribution in [0.1, 0.15) is 202 Å². The largest absolute Gasteiger partial charge is 0.748 e. The van der Waals surface area contributed by atoms with Crippen LogP contribution in [0.5, 0.6) is 11.5 Å². The molecule has 4 aliphatic heterocycles. The van der Waals surface area contributed by atoms with Crippen LogP contribution in [0.15, 0.2) is 345 Å². The first kappa shape index (κ1) is 90.4. The molecule has 0 saturated carbocycles. The van der Waals surface area contributed by atoms with Crippen molar-refractivity contribution in [2.24, 2.45) is 0 Å². The monoisotopic (exact) mass is 1810 g/mol. The number of rotatable bonds is 31. The molecule has 0 bridgehead atoms. The molecule has 13 aromatic carbocycles. The van der Waals surface area contributed by atoms with Crippen LogP contribution in [0.25, 0.3) is 65.4 Å². The molecule has 134 heavy (non-hydrogen) atoms. The maximum absolute atomic E-state index is 12.1. The molecule has 0 aromatic heterocycles. The molecule has 0 N–H and O–H groups in total. The Labute approximate surface area is 791 Å². The Morgan fingerprint density at radius 3 is 1.05 bits per heavy atom. The van der Waals surface area contributed by atoms with Crippen LogP contribution in [0.3, 0.4) is 0 Å². The van der Waals surface area contributed by atoms with Crippen molar-refractivity contribution in [2.75, 3.05) is 47.5 Å². The summed E-state index contributed by atoms with van der Waals surface area (Å²) in [5.41, 5.74) is 22.8. The third-order valence-corrected chi connectivity index (χ3v) is 30.9. The molecule has 6 aliphatic rings. The van der Waals surface area contributed by atoms with E-state index in [1.54, 1.807) is 0 Å². The van der Waals surface area contributed by atoms with E-state index in [2.05, 4.69) is 417 Å². The summed E-state index contributed by atoms with van der Waals surface area (Å²) < 4.78 is 93.0. The highest BCUT2D eigenvalue weighted by molar-refractivity contribution is 7.85. The smallest absolute Gasteiger partial charge is 0.210 e. The molecule has 0 atom stereocenters. The molecule has 0 fully saturated rings. The number of unbranched alkanes of at least 4 members (excludes halogenated alkanes) is 6. The van der Waals surface area contributed by atoms with E-state index in [1.807, 2.05) is 0 Å². The molecule has 678 valence electrons. The van der Waals surface area contributed by atoms with Gasteiger partial charge in [-0.05, 0) is 251 Å². The van der Waals surface area contributed by atoms with Crippen molar-refractivity contribution < 1.29 is 44.6 Å². The maximum Gasteiger partial charge on any atom is 0.210 e. The van der Waals surface area contributed by atoms with Gasteiger partial charge in [0.2, 0.25) is 11.4 Å². The van der Waals surface area contributed by atoms with Gasteiger partial charge in [0.15, 0.2) is 11.4 Å². The number of hydrogen-bond acceptors (Lipinski definition) is 10. The highest BCUT2D eigenvalue weighted by Crippen LogP contribution is 2.56. The Kier molecular flexibility index (Phi) is 24.4. The van der Waals surface area contributed by atoms with Crippen LogP contribution in [-0.4, -0.2) is 84.2 Å². The predicted octanol–water partition coefficient (Wildman–Crippen LogP) is 27.7. The first-order valence-corrected chi connectivity index (χ1v) is 51.1. The molecule has 13 aromatic rings. The van der Waals surface area contributed by atoms with Crippen LogP contribution in [-0.2, 0) is 47.3 Å². The van der Waals surface area contributed by atoms with Gasteiger partial charge in [0, 0.05) is 134 Å². The third kappa shape index (κ3) is 16.5. The highest BCUT2D eigenvalue weighted by Gasteiger charge is 2.49. The number of benzene rings is 13. The molecule has 2 aliphatic carbocycles. The topological polar surface area (TPSA) is 145 Å². The van der Waals surface area contributed by atoms with Crippen molar-refractivity contribution in [1.29, 1.82) is 0 Å². The second kappa shape index (κ2) is 36.2. The summed E-state index contributed by atoms with van der Waals surface area (Å²) in [6.07, 6.45) is 26.3. The molecule has 19 rings (SSSR count). The summed E-state index contributed by atoms with van der Waals surface area (Å²) in [5, 5.41) is 9.55. The van der Waals surface area contributed by atoms with Crippen LogP contribution in [0.4, 0.5) is 22.7 Å². The van der Waals surface area contributed by atoms with E-state index in [0.29, 0.717) is 48.9 Å². The quantitative estimate of drug-likeness (QED) is 0.0178. The van der Waals surface area contributed by atoms with Crippen LogP contribution in [0, 0.1) is 0 Å². The van der Waals surface area contributed by atoms with Crippen LogP contribution in [0.2, 0.25) is 0 Å². The van der Waals surface area contributed by atoms with E-state index in [9.17, 15) is 25.9 Å². The first-order valence-electron chi connectivity index (χ1n) is 47.9. The van der Waals surface area contributed by atoms with Gasteiger partial charge in [-0.25, -0.2) is 16.8 Å². The van der Waals surface area contributed by atoms with Gasteiger partial charge >= 0.3 is 0 Å². The summed E-state index contributed by atoms with van der Waals surface area (Å²) in [4.78, 5) is 4.67. The van der Waals surface area contributed by atoms with Crippen molar-refractivity contribution in [1.82, 2.24) is 0 Å². The molecule has 0 unspecified atom stereocenters. The molecule has 0 saturated heterocycles. The lowest BCUT2D eigenvalue weighted by Crippen LogP contribution is -2.28. The second-order valence-corrected chi connectivity index (χ2v) is 42.3. The fourth-order valence-corrected chi connectivity index (χ4v) is 23.8. The highest BCUT2D eigenvalue weighted by atomic mass is 32.2. The number of ether oxygens (including phenoxy) is 2. The van der Waals surface area contributed by atoms with Crippen molar-refractivity contribution in [3.8, 4) is 11.5 Å². The standard InChI is InChI=1S/C120H118N4O8S2/c1-12-14-31-75-121-102-67-51-81-37-19-23-43-90(81)110(102)116(3,4)106(121)71-63-98-94-47-27-29-49-96(94)100(65-73-108-118(7,8)112-92-45-25-21-39-83(92)53-69-104(112)123(108)77-33-35-79-133(125,126)127)114(98)131-88-59-55-86(56-60-88)120(11,85-41-17-16-18-42-85)87-57-61-89(62-58-87)132-115-99(64-72-107-117(5,6)111-91-44-24-20-38-82(91)52-68-103(111)122(107)76-32-15-13-2)95-48-28-30-50-97(95)101(115)66-74-109-119(9,10)113-93-46-26-22-40-84(93)54-70-105(113)124(109)78-34-36-80-134(128,129)130/h16-30,37-74H,12-15,31-36,75-80H2,1-11H3. The number of anilines is 2. The van der Waals surface area contributed by atoms with E-state index in [4.69, 9.17) is 9.47 Å². The number of allylic oxidation sites excluding steroid dienone is 14. The summed E-state index contributed by atoms with van der Waals surface area (Å²) in [6.45, 7) is 28.2. The third-order valence-electron chi connectivity index (χ3n) is 29.3. The molecular weight excluding hydrogens is 1690 g/mol. The SMILES string of the molecule is CCCCC[N+]1=C(/C=C/C2=C(Oc3ccc(C(C)(c4ccccc4)c4ccc(OC5=C(/C=C/C6=[N+](CCCCC)c7ccc8ccccc8c7C6(C)C)c6ccccc6/C5=C\C=C5\N(CCCCS(=O)(=O)[O-])c6ccc7ccccc7c6C5(C)C)cc4)cc3)C(=C/C=C3/N(CCCCS(=O)(=O)[O-])c4ccc5ccccc5c4C3(C)C)/c3ccccc32)C(C)(C)c2c1ccc1ccccc21. The Hall–Kier alpha value is -12.8. The fraction of sp³-hybridized carbons (Fsp3) is 0.267. The molecule has 0 amide bonds. The summed E-state index contributed by atoms with van der Waals surface area (Å²) in [6, 6.07) is 97.8. The zero-order valence-electron chi connectivity index (χ0n) is 78.8. The molecule has 0 spiro atoms. The van der Waals surface area contributed by atoms with Gasteiger partial charge < -0.3 is 28.4 Å². The lowest BCUT2D eigenvalue weighted by atomic mass is 9.71. The number of fused-ring (bicyclic) bond motifs is 14. The Morgan fingerprint density at radius 1 is 0.343 bits per heavy atom. The van der Waals surface area contributed by atoms with Crippen molar-refractivity contribution in [3.05, 3.63) is 406 Å². The zero-order valence-corrected chi connectivity index (χ0v) is 80.4. The minimum atomic E-state index is -4.41. The second-order valence-electron chi connectivity index (χ2n) is 39.2. The van der Waals surface area contributed by atoms with Gasteiger partial charge in [0.1, 0.15) is 36.1 Å². The van der Waals surface area contributed by atoms with Crippen molar-refractivity contribution in [3.63, 3.8) is 0 Å². The van der Waals surface area contributed by atoms with E-state index in [1.165, 1.54) is 66.6 Å². The van der Waals surface area contributed by atoms with Crippen molar-refractivity contribution >= 4 is 120 Å². The van der Waals surface area contributed by atoms with Crippen molar-refractivity contribution in [2.45, 2.75) is 167 Å². The Bertz CT molecular complexity index is 7040. The van der Waals surface area contributed by atoms with Gasteiger partial charge in [-0.2, -0.15) is 9.15 Å². The predicted molar refractivity (Wildman–Crippen MR) is 552 cm³/mol. The Balaban J connectivity index is 0.724. The van der Waals surface area contributed by atoms with E-state index in [-0.39, 0.29) is 23.7 Å². The number of nitrogens with zero attached hydrogens (tertiary/aromatic N) is 4. The summed E-state index contributed by atoms with van der Waals surface area (Å²) in [5.74, 6) is 1.90. The van der Waals surface area contributed by atoms with Gasteiger partial charge in [0.25, 0.3) is 0 Å². The first-order chi connectivity index (χ1) is 64.6. The van der Waals surface area contributed by atoms with Gasteiger partial charge in [-0.15, -0.1) is 0 Å². The average Bonchev–Trinajstić information content (AvgIpc) is 1.58. The molecule has 14 heteroatoms. The normalized spacial score (nSPS) is 18.0. The van der Waals surface area contributed by atoms with E-state index < -0.39 is 48.0 Å². The van der Waals surface area contributed by atoms with Gasteiger partial charge in [-0.1, -0.05) is 267 Å². The molecular formula is C120H118N4O8S2. The van der Waals surface area contributed by atoms with Gasteiger partial charge in [0.05, 0.1) is 31.1 Å². The van der Waals surface area contributed by atoms with E-state index >= 15 is 0 Å². The van der Waals surface area contributed by atoms with Crippen LogP contribution < -0.4 is 19.3 Å². The minimum absolute atomic E-state index is 0.242. The average molecular weight is 1810 g/mol. The maximum atomic E-state index is 12.1. The molecule has 4 heterocycles. The van der Waals surface area contributed by atoms with Gasteiger partial charge in [-0.3, -0.25) is 0 Å².